The van der Waals surface area contributed by atoms with E-state index in [1.165, 1.54) is 0 Å². The van der Waals surface area contributed by atoms with E-state index in [-0.39, 0.29) is 6.42 Å². The number of rotatable bonds is 6. The molecule has 0 spiro atoms. The van der Waals surface area contributed by atoms with Gasteiger partial charge in [0.2, 0.25) is 0 Å². The first-order valence-corrected chi connectivity index (χ1v) is 6.15. The minimum atomic E-state index is -0.808. The van der Waals surface area contributed by atoms with Crippen LogP contribution in [0.5, 0.6) is 0 Å². The second kappa shape index (κ2) is 6.66. The van der Waals surface area contributed by atoms with Crippen LogP contribution in [-0.2, 0) is 24.3 Å². The van der Waals surface area contributed by atoms with Gasteiger partial charge in [-0.1, -0.05) is 30.3 Å². The van der Waals surface area contributed by atoms with E-state index in [9.17, 15) is 4.79 Å². The van der Waals surface area contributed by atoms with Gasteiger partial charge in [-0.05, 0) is 23.3 Å². The van der Waals surface area contributed by atoms with Crippen LogP contribution in [0.4, 0.5) is 0 Å². The summed E-state index contributed by atoms with van der Waals surface area (Å²) in [6, 6.07) is 13.4. The monoisotopic (exact) mass is 256 g/mol. The number of aromatic nitrogens is 1. The molecule has 0 radical (unpaired) electrons. The number of pyridine rings is 1. The van der Waals surface area contributed by atoms with Gasteiger partial charge in [0.15, 0.2) is 0 Å². The summed E-state index contributed by atoms with van der Waals surface area (Å²) in [5.41, 5.74) is 2.84. The predicted molar refractivity (Wildman–Crippen MR) is 72.6 cm³/mol. The Morgan fingerprint density at radius 2 is 1.79 bits per heavy atom. The molecule has 98 valence electrons. The van der Waals surface area contributed by atoms with Gasteiger partial charge in [-0.25, -0.2) is 0 Å². The van der Waals surface area contributed by atoms with Gasteiger partial charge < -0.3 is 10.4 Å². The van der Waals surface area contributed by atoms with Crippen molar-refractivity contribution in [1.29, 1.82) is 0 Å². The van der Waals surface area contributed by atoms with Crippen LogP contribution in [0, 0.1) is 0 Å². The van der Waals surface area contributed by atoms with Gasteiger partial charge in [0.1, 0.15) is 0 Å². The summed E-state index contributed by atoms with van der Waals surface area (Å²) in [4.78, 5) is 15.0. The van der Waals surface area contributed by atoms with Crippen LogP contribution >= 0.6 is 0 Å². The van der Waals surface area contributed by atoms with Crippen LogP contribution in [0.2, 0.25) is 0 Å². The summed E-state index contributed by atoms with van der Waals surface area (Å²) < 4.78 is 0. The van der Waals surface area contributed by atoms with Crippen LogP contribution in [-0.4, -0.2) is 16.1 Å². The lowest BCUT2D eigenvalue weighted by Gasteiger charge is -2.09. The molecule has 0 fully saturated rings. The summed E-state index contributed by atoms with van der Waals surface area (Å²) in [7, 11) is 0. The minimum Gasteiger partial charge on any atom is -0.481 e. The summed E-state index contributed by atoms with van der Waals surface area (Å²) >= 11 is 0. The summed E-state index contributed by atoms with van der Waals surface area (Å²) in [5.74, 6) is -0.808. The van der Waals surface area contributed by atoms with Crippen molar-refractivity contribution >= 4 is 5.97 Å². The van der Waals surface area contributed by atoms with Crippen molar-refractivity contribution < 1.29 is 9.90 Å². The highest BCUT2D eigenvalue weighted by molar-refractivity contribution is 5.70. The summed E-state index contributed by atoms with van der Waals surface area (Å²) in [6.45, 7) is 1.31. The van der Waals surface area contributed by atoms with E-state index < -0.39 is 5.97 Å². The highest BCUT2D eigenvalue weighted by Crippen LogP contribution is 2.09. The molecule has 1 aromatic heterocycles. The van der Waals surface area contributed by atoms with Crippen LogP contribution in [0.15, 0.2) is 48.7 Å². The number of hydrogen-bond donors (Lipinski definition) is 2. The molecule has 19 heavy (non-hydrogen) atoms. The quantitative estimate of drug-likeness (QED) is 0.829. The fourth-order valence-corrected chi connectivity index (χ4v) is 1.89. The highest BCUT2D eigenvalue weighted by atomic mass is 16.4. The Morgan fingerprint density at radius 3 is 2.47 bits per heavy atom. The van der Waals surface area contributed by atoms with E-state index in [2.05, 4.69) is 10.3 Å². The van der Waals surface area contributed by atoms with Crippen molar-refractivity contribution in [1.82, 2.24) is 10.3 Å². The third-order valence-electron chi connectivity index (χ3n) is 2.81. The van der Waals surface area contributed by atoms with Crippen molar-refractivity contribution in [3.8, 4) is 0 Å². The zero-order chi connectivity index (χ0) is 13.5. The SMILES string of the molecule is O=C(O)Cc1ccccc1CNCc1ccccn1. The highest BCUT2D eigenvalue weighted by Gasteiger charge is 2.05. The molecular weight excluding hydrogens is 240 g/mol. The second-order valence-corrected chi connectivity index (χ2v) is 4.26. The molecule has 4 nitrogen and oxygen atoms in total. The Kier molecular flexibility index (Phi) is 4.64. The predicted octanol–water partition coefficient (Wildman–Crippen LogP) is 2.00. The Bertz CT molecular complexity index is 541. The number of aliphatic carboxylic acids is 1. The molecule has 0 amide bonds. The average Bonchev–Trinajstić information content (AvgIpc) is 2.41. The molecule has 0 bridgehead atoms. The maximum Gasteiger partial charge on any atom is 0.307 e. The summed E-state index contributed by atoms with van der Waals surface area (Å²) in [5, 5.41) is 12.1. The maximum atomic E-state index is 10.8. The lowest BCUT2D eigenvalue weighted by atomic mass is 10.0. The Labute approximate surface area is 112 Å². The molecule has 0 atom stereocenters. The molecule has 2 rings (SSSR count). The molecule has 0 aliphatic carbocycles. The third kappa shape index (κ3) is 4.19. The average molecular weight is 256 g/mol. The molecule has 0 aliphatic rings. The largest absolute Gasteiger partial charge is 0.481 e. The third-order valence-corrected chi connectivity index (χ3v) is 2.81. The smallest absolute Gasteiger partial charge is 0.307 e. The normalized spacial score (nSPS) is 10.3. The van der Waals surface area contributed by atoms with E-state index in [0.717, 1.165) is 16.8 Å². The van der Waals surface area contributed by atoms with Crippen LogP contribution in [0.25, 0.3) is 0 Å². The molecule has 4 heteroatoms. The number of hydrogen-bond acceptors (Lipinski definition) is 3. The number of nitrogens with one attached hydrogen (secondary N) is 1. The second-order valence-electron chi connectivity index (χ2n) is 4.26. The standard InChI is InChI=1S/C15H16N2O2/c18-15(19)9-12-5-1-2-6-13(12)10-16-11-14-7-3-4-8-17-14/h1-8,16H,9-11H2,(H,18,19). The van der Waals surface area contributed by atoms with Crippen molar-refractivity contribution in [3.63, 3.8) is 0 Å². The number of carboxylic acid groups (broad SMARTS) is 1. The number of nitrogens with zero attached hydrogens (tertiary/aromatic N) is 1. The topological polar surface area (TPSA) is 62.2 Å². The van der Waals surface area contributed by atoms with Crippen molar-refractivity contribution in [2.24, 2.45) is 0 Å². The van der Waals surface area contributed by atoms with E-state index in [4.69, 9.17) is 5.11 Å². The van der Waals surface area contributed by atoms with Crippen LogP contribution in [0.1, 0.15) is 16.8 Å². The molecule has 0 aliphatic heterocycles. The lowest BCUT2D eigenvalue weighted by Crippen LogP contribution is -2.15. The van der Waals surface area contributed by atoms with Gasteiger partial charge in [0, 0.05) is 19.3 Å². The molecule has 0 saturated carbocycles. The van der Waals surface area contributed by atoms with Gasteiger partial charge >= 0.3 is 5.97 Å². The van der Waals surface area contributed by atoms with Crippen molar-refractivity contribution in [2.75, 3.05) is 0 Å². The van der Waals surface area contributed by atoms with Gasteiger partial charge in [0.05, 0.1) is 12.1 Å². The fraction of sp³-hybridized carbons (Fsp3) is 0.200. The van der Waals surface area contributed by atoms with Crippen molar-refractivity contribution in [2.45, 2.75) is 19.5 Å². The van der Waals surface area contributed by atoms with E-state index >= 15 is 0 Å². The van der Waals surface area contributed by atoms with Crippen LogP contribution in [0.3, 0.4) is 0 Å². The molecule has 1 heterocycles. The first kappa shape index (κ1) is 13.2. The Morgan fingerprint density at radius 1 is 1.05 bits per heavy atom. The zero-order valence-corrected chi connectivity index (χ0v) is 10.5. The van der Waals surface area contributed by atoms with Gasteiger partial charge in [-0.3, -0.25) is 9.78 Å². The molecule has 0 unspecified atom stereocenters. The first-order valence-electron chi connectivity index (χ1n) is 6.15. The van der Waals surface area contributed by atoms with E-state index in [1.807, 2.05) is 42.5 Å². The van der Waals surface area contributed by atoms with Gasteiger partial charge in [-0.2, -0.15) is 0 Å². The summed E-state index contributed by atoms with van der Waals surface area (Å²) in [6.07, 6.45) is 1.82. The molecule has 2 aromatic rings. The van der Waals surface area contributed by atoms with Gasteiger partial charge in [-0.15, -0.1) is 0 Å². The molecule has 0 saturated heterocycles. The molecular formula is C15H16N2O2. The van der Waals surface area contributed by atoms with Gasteiger partial charge in [0.25, 0.3) is 0 Å². The Hall–Kier alpha value is -2.20. The number of benzene rings is 1. The van der Waals surface area contributed by atoms with E-state index in [1.54, 1.807) is 6.20 Å². The molecule has 2 N–H and O–H groups in total. The fourth-order valence-electron chi connectivity index (χ4n) is 1.89. The van der Waals surface area contributed by atoms with E-state index in [0.29, 0.717) is 13.1 Å². The minimum absolute atomic E-state index is 0.0570. The lowest BCUT2D eigenvalue weighted by molar-refractivity contribution is -0.136. The van der Waals surface area contributed by atoms with Crippen LogP contribution < -0.4 is 5.32 Å². The zero-order valence-electron chi connectivity index (χ0n) is 10.5. The van der Waals surface area contributed by atoms with Crippen molar-refractivity contribution in [3.05, 3.63) is 65.5 Å². The first-order chi connectivity index (χ1) is 9.25. The maximum absolute atomic E-state index is 10.8. The number of carboxylic acids is 1. The molecule has 1 aromatic carbocycles. The Balaban J connectivity index is 1.94. The number of carbonyl (C=O) groups is 1.